The van der Waals surface area contributed by atoms with Gasteiger partial charge in [-0.15, -0.1) is 0 Å². The van der Waals surface area contributed by atoms with Crippen LogP contribution in [0, 0.1) is 5.92 Å². The van der Waals surface area contributed by atoms with E-state index in [1.54, 1.807) is 4.90 Å². The average Bonchev–Trinajstić information content (AvgIpc) is 2.66. The number of likely N-dealkylation sites (tertiary alicyclic amines) is 1. The van der Waals surface area contributed by atoms with Crippen molar-refractivity contribution >= 4 is 6.09 Å². The fraction of sp³-hybridized carbons (Fsp3) is 0.900. The van der Waals surface area contributed by atoms with E-state index in [4.69, 9.17) is 10.5 Å². The van der Waals surface area contributed by atoms with Crippen LogP contribution in [0.1, 0.15) is 26.2 Å². The molecule has 4 nitrogen and oxygen atoms in total. The predicted octanol–water partition coefficient (Wildman–Crippen LogP) is 1.20. The van der Waals surface area contributed by atoms with Crippen LogP contribution in [0.15, 0.2) is 0 Å². The van der Waals surface area contributed by atoms with E-state index in [0.29, 0.717) is 19.1 Å². The van der Waals surface area contributed by atoms with E-state index in [1.165, 1.54) is 0 Å². The van der Waals surface area contributed by atoms with E-state index in [9.17, 15) is 4.79 Å². The second kappa shape index (κ2) is 5.86. The number of hydrogen-bond donors (Lipinski definition) is 1. The van der Waals surface area contributed by atoms with Crippen LogP contribution in [0.25, 0.3) is 0 Å². The molecular formula is C10H20N2O2. The van der Waals surface area contributed by atoms with Gasteiger partial charge in [-0.1, -0.05) is 13.3 Å². The quantitative estimate of drug-likeness (QED) is 0.694. The van der Waals surface area contributed by atoms with E-state index in [-0.39, 0.29) is 6.09 Å². The zero-order chi connectivity index (χ0) is 10.4. The van der Waals surface area contributed by atoms with E-state index in [2.05, 4.69) is 6.92 Å². The summed E-state index contributed by atoms with van der Waals surface area (Å²) in [6.07, 6.45) is 2.84. The summed E-state index contributed by atoms with van der Waals surface area (Å²) in [6, 6.07) is 0. The van der Waals surface area contributed by atoms with Crippen molar-refractivity contribution in [2.45, 2.75) is 26.2 Å². The lowest BCUT2D eigenvalue weighted by Gasteiger charge is -2.15. The second-order valence-corrected chi connectivity index (χ2v) is 3.80. The zero-order valence-electron chi connectivity index (χ0n) is 8.87. The zero-order valence-corrected chi connectivity index (χ0v) is 8.87. The van der Waals surface area contributed by atoms with Crippen LogP contribution in [0.4, 0.5) is 4.79 Å². The van der Waals surface area contributed by atoms with Crippen molar-refractivity contribution in [2.75, 3.05) is 26.2 Å². The molecule has 1 amide bonds. The molecule has 0 spiro atoms. The van der Waals surface area contributed by atoms with Crippen LogP contribution in [-0.4, -0.2) is 37.2 Å². The van der Waals surface area contributed by atoms with Crippen molar-refractivity contribution in [2.24, 2.45) is 11.7 Å². The summed E-state index contributed by atoms with van der Waals surface area (Å²) in [5.41, 5.74) is 5.54. The molecule has 0 aliphatic carbocycles. The van der Waals surface area contributed by atoms with Crippen LogP contribution in [0.2, 0.25) is 0 Å². The molecule has 1 atom stereocenters. The smallest absolute Gasteiger partial charge is 0.409 e. The maximum absolute atomic E-state index is 11.4. The summed E-state index contributed by atoms with van der Waals surface area (Å²) >= 11 is 0. The van der Waals surface area contributed by atoms with Gasteiger partial charge >= 0.3 is 6.09 Å². The standard InChI is InChI=1S/C10H20N2O2/c1-2-3-6-14-10(13)12-5-4-9(7-11)8-12/h9H,2-8,11H2,1H3/t9-/m1/s1. The van der Waals surface area contributed by atoms with Gasteiger partial charge in [-0.25, -0.2) is 4.79 Å². The SMILES string of the molecule is CCCCOC(=O)N1CC[C@H](CN)C1. The van der Waals surface area contributed by atoms with Crippen LogP contribution in [0.3, 0.4) is 0 Å². The Labute approximate surface area is 85.4 Å². The molecule has 14 heavy (non-hydrogen) atoms. The van der Waals surface area contributed by atoms with Crippen molar-refractivity contribution in [3.8, 4) is 0 Å². The van der Waals surface area contributed by atoms with Gasteiger partial charge in [-0.3, -0.25) is 0 Å². The molecule has 1 aliphatic rings. The summed E-state index contributed by atoms with van der Waals surface area (Å²) in [5, 5.41) is 0. The van der Waals surface area contributed by atoms with Crippen molar-refractivity contribution in [3.05, 3.63) is 0 Å². The summed E-state index contributed by atoms with van der Waals surface area (Å²) in [6.45, 7) is 4.85. The fourth-order valence-electron chi connectivity index (χ4n) is 1.59. The minimum absolute atomic E-state index is 0.172. The van der Waals surface area contributed by atoms with Gasteiger partial charge in [0.2, 0.25) is 0 Å². The van der Waals surface area contributed by atoms with E-state index in [0.717, 1.165) is 32.4 Å². The highest BCUT2D eigenvalue weighted by Gasteiger charge is 2.25. The molecule has 0 bridgehead atoms. The number of ether oxygens (including phenoxy) is 1. The lowest BCUT2D eigenvalue weighted by Crippen LogP contribution is -2.30. The van der Waals surface area contributed by atoms with Gasteiger partial charge in [-0.05, 0) is 25.3 Å². The number of hydrogen-bond acceptors (Lipinski definition) is 3. The Morgan fingerprint density at radius 1 is 1.64 bits per heavy atom. The maximum Gasteiger partial charge on any atom is 0.409 e. The molecule has 1 heterocycles. The highest BCUT2D eigenvalue weighted by molar-refractivity contribution is 5.67. The topological polar surface area (TPSA) is 55.6 Å². The summed E-state index contributed by atoms with van der Waals surface area (Å²) < 4.78 is 5.11. The van der Waals surface area contributed by atoms with E-state index < -0.39 is 0 Å². The van der Waals surface area contributed by atoms with Crippen LogP contribution in [-0.2, 0) is 4.74 Å². The monoisotopic (exact) mass is 200 g/mol. The number of rotatable bonds is 4. The lowest BCUT2D eigenvalue weighted by atomic mass is 10.1. The van der Waals surface area contributed by atoms with Crippen molar-refractivity contribution < 1.29 is 9.53 Å². The molecule has 1 aliphatic heterocycles. The molecule has 1 rings (SSSR count). The first-order valence-electron chi connectivity index (χ1n) is 5.39. The van der Waals surface area contributed by atoms with Crippen LogP contribution in [0.5, 0.6) is 0 Å². The second-order valence-electron chi connectivity index (χ2n) is 3.80. The molecule has 1 fully saturated rings. The average molecular weight is 200 g/mol. The highest BCUT2D eigenvalue weighted by atomic mass is 16.6. The largest absolute Gasteiger partial charge is 0.449 e. The van der Waals surface area contributed by atoms with Gasteiger partial charge in [-0.2, -0.15) is 0 Å². The van der Waals surface area contributed by atoms with Crippen molar-refractivity contribution in [1.82, 2.24) is 4.90 Å². The van der Waals surface area contributed by atoms with Crippen LogP contribution < -0.4 is 5.73 Å². The molecule has 4 heteroatoms. The maximum atomic E-state index is 11.4. The molecular weight excluding hydrogens is 180 g/mol. The Bertz CT molecular complexity index is 185. The summed E-state index contributed by atoms with van der Waals surface area (Å²) in [4.78, 5) is 13.2. The van der Waals surface area contributed by atoms with E-state index in [1.807, 2.05) is 0 Å². The minimum Gasteiger partial charge on any atom is -0.449 e. The molecule has 2 N–H and O–H groups in total. The van der Waals surface area contributed by atoms with Crippen molar-refractivity contribution in [1.29, 1.82) is 0 Å². The molecule has 0 unspecified atom stereocenters. The van der Waals surface area contributed by atoms with Crippen LogP contribution >= 0.6 is 0 Å². The minimum atomic E-state index is -0.172. The predicted molar refractivity (Wildman–Crippen MR) is 55.0 cm³/mol. The van der Waals surface area contributed by atoms with Gasteiger partial charge in [0.15, 0.2) is 0 Å². The van der Waals surface area contributed by atoms with Gasteiger partial charge in [0.05, 0.1) is 6.61 Å². The van der Waals surface area contributed by atoms with E-state index >= 15 is 0 Å². The Morgan fingerprint density at radius 2 is 2.43 bits per heavy atom. The first-order chi connectivity index (χ1) is 6.77. The first kappa shape index (κ1) is 11.3. The summed E-state index contributed by atoms with van der Waals surface area (Å²) in [7, 11) is 0. The molecule has 82 valence electrons. The van der Waals surface area contributed by atoms with Gasteiger partial charge in [0, 0.05) is 13.1 Å². The third-order valence-electron chi connectivity index (χ3n) is 2.60. The Balaban J connectivity index is 2.18. The molecule has 0 radical (unpaired) electrons. The number of nitrogens with two attached hydrogens (primary N) is 1. The van der Waals surface area contributed by atoms with Gasteiger partial charge < -0.3 is 15.4 Å². The number of nitrogens with zero attached hydrogens (tertiary/aromatic N) is 1. The number of amides is 1. The third kappa shape index (κ3) is 3.18. The fourth-order valence-corrected chi connectivity index (χ4v) is 1.59. The molecule has 0 saturated carbocycles. The molecule has 1 saturated heterocycles. The van der Waals surface area contributed by atoms with Crippen molar-refractivity contribution in [3.63, 3.8) is 0 Å². The first-order valence-corrected chi connectivity index (χ1v) is 5.39. The summed E-state index contributed by atoms with van der Waals surface area (Å²) in [5.74, 6) is 0.466. The Morgan fingerprint density at radius 3 is 3.00 bits per heavy atom. The lowest BCUT2D eigenvalue weighted by molar-refractivity contribution is 0.108. The molecule has 0 aromatic rings. The van der Waals surface area contributed by atoms with Gasteiger partial charge in [0.25, 0.3) is 0 Å². The normalized spacial score (nSPS) is 21.3. The Hall–Kier alpha value is -0.770. The third-order valence-corrected chi connectivity index (χ3v) is 2.60. The molecule has 0 aromatic heterocycles. The Kier molecular flexibility index (Phi) is 4.73. The number of carbonyl (C=O) groups is 1. The number of carbonyl (C=O) groups excluding carboxylic acids is 1. The highest BCUT2D eigenvalue weighted by Crippen LogP contribution is 2.15. The number of unbranched alkanes of at least 4 members (excludes halogenated alkanes) is 1. The molecule has 0 aromatic carbocycles. The van der Waals surface area contributed by atoms with Gasteiger partial charge in [0.1, 0.15) is 0 Å².